The number of carbonyl (C=O) groups excluding carboxylic acids is 1. The van der Waals surface area contributed by atoms with E-state index in [2.05, 4.69) is 5.32 Å². The Kier molecular flexibility index (Phi) is 6.87. The molecule has 0 radical (unpaired) electrons. The first-order valence-corrected chi connectivity index (χ1v) is 11.5. The van der Waals surface area contributed by atoms with E-state index < -0.39 is 15.8 Å². The van der Waals surface area contributed by atoms with Crippen LogP contribution in [0.1, 0.15) is 57.8 Å². The Morgan fingerprint density at radius 2 is 1.59 bits per heavy atom. The van der Waals surface area contributed by atoms with Gasteiger partial charge in [0, 0.05) is 19.1 Å². The number of nitrogens with one attached hydrogen (secondary N) is 1. The van der Waals surface area contributed by atoms with Crippen molar-refractivity contribution < 1.29 is 17.6 Å². The van der Waals surface area contributed by atoms with Gasteiger partial charge in [-0.2, -0.15) is 4.31 Å². The number of nitrogens with zero attached hydrogens (tertiary/aromatic N) is 1. The van der Waals surface area contributed by atoms with Gasteiger partial charge in [0.25, 0.3) is 0 Å². The molecule has 1 saturated carbocycles. The van der Waals surface area contributed by atoms with Crippen LogP contribution in [-0.4, -0.2) is 37.8 Å². The summed E-state index contributed by atoms with van der Waals surface area (Å²) in [7, 11) is -3.70. The van der Waals surface area contributed by atoms with Crippen LogP contribution in [-0.2, 0) is 14.8 Å². The van der Waals surface area contributed by atoms with Gasteiger partial charge in [0.05, 0.1) is 10.8 Å². The van der Waals surface area contributed by atoms with E-state index in [4.69, 9.17) is 0 Å². The first kappa shape index (κ1) is 20.3. The van der Waals surface area contributed by atoms with Gasteiger partial charge in [-0.05, 0) is 49.9 Å². The molecule has 0 aromatic heterocycles. The molecule has 3 rings (SSSR count). The maximum atomic E-state index is 13.1. The number of amides is 1. The van der Waals surface area contributed by atoms with Crippen LogP contribution in [0.15, 0.2) is 29.2 Å². The Morgan fingerprint density at radius 3 is 2.26 bits per heavy atom. The van der Waals surface area contributed by atoms with Crippen molar-refractivity contribution in [2.45, 2.75) is 68.7 Å². The zero-order valence-electron chi connectivity index (χ0n) is 15.7. The third kappa shape index (κ3) is 5.29. The normalized spacial score (nSPS) is 23.4. The van der Waals surface area contributed by atoms with Crippen LogP contribution >= 0.6 is 0 Å². The van der Waals surface area contributed by atoms with E-state index in [0.717, 1.165) is 37.8 Å². The molecule has 0 unspecified atom stereocenters. The lowest BCUT2D eigenvalue weighted by Gasteiger charge is -2.32. The van der Waals surface area contributed by atoms with Gasteiger partial charge in [-0.25, -0.2) is 12.8 Å². The molecule has 27 heavy (non-hydrogen) atoms. The Labute approximate surface area is 161 Å². The second kappa shape index (κ2) is 9.15. The summed E-state index contributed by atoms with van der Waals surface area (Å²) in [6, 6.07) is 5.07. The van der Waals surface area contributed by atoms with E-state index in [1.807, 2.05) is 0 Å². The van der Waals surface area contributed by atoms with Gasteiger partial charge in [-0.3, -0.25) is 4.79 Å². The summed E-state index contributed by atoms with van der Waals surface area (Å²) >= 11 is 0. The summed E-state index contributed by atoms with van der Waals surface area (Å²) in [5.74, 6) is -0.817. The lowest BCUT2D eigenvalue weighted by Crippen LogP contribution is -2.47. The lowest BCUT2D eigenvalue weighted by atomic mass is 9.94. The molecular formula is C20H29FN2O3S. The monoisotopic (exact) mass is 396 g/mol. The van der Waals surface area contributed by atoms with Crippen LogP contribution in [0.25, 0.3) is 0 Å². The molecule has 5 nitrogen and oxygen atoms in total. The van der Waals surface area contributed by atoms with Crippen molar-refractivity contribution >= 4 is 15.9 Å². The van der Waals surface area contributed by atoms with Crippen LogP contribution < -0.4 is 5.32 Å². The molecule has 1 atom stereocenters. The van der Waals surface area contributed by atoms with E-state index >= 15 is 0 Å². The topological polar surface area (TPSA) is 66.5 Å². The highest BCUT2D eigenvalue weighted by Crippen LogP contribution is 2.25. The van der Waals surface area contributed by atoms with Crippen LogP contribution in [0.4, 0.5) is 4.39 Å². The number of sulfonamides is 1. The minimum atomic E-state index is -3.70. The Morgan fingerprint density at radius 1 is 0.963 bits per heavy atom. The minimum absolute atomic E-state index is 0.0282. The Hall–Kier alpha value is -1.47. The molecule has 1 heterocycles. The van der Waals surface area contributed by atoms with Crippen molar-refractivity contribution in [2.24, 2.45) is 5.92 Å². The summed E-state index contributed by atoms with van der Waals surface area (Å²) in [5, 5.41) is 3.17. The minimum Gasteiger partial charge on any atom is -0.353 e. The van der Waals surface area contributed by atoms with Gasteiger partial charge in [0.2, 0.25) is 15.9 Å². The van der Waals surface area contributed by atoms with Gasteiger partial charge in [0.15, 0.2) is 0 Å². The van der Waals surface area contributed by atoms with E-state index in [1.165, 1.54) is 35.7 Å². The third-order valence-electron chi connectivity index (χ3n) is 5.66. The number of piperidine rings is 1. The van der Waals surface area contributed by atoms with Crippen LogP contribution in [0.3, 0.4) is 0 Å². The molecule has 1 aliphatic carbocycles. The number of rotatable bonds is 4. The summed E-state index contributed by atoms with van der Waals surface area (Å²) in [6.07, 6.45) is 9.38. The average molecular weight is 397 g/mol. The van der Waals surface area contributed by atoms with E-state index in [0.29, 0.717) is 19.4 Å². The summed E-state index contributed by atoms with van der Waals surface area (Å²) < 4.78 is 40.1. The first-order valence-electron chi connectivity index (χ1n) is 10.0. The molecule has 150 valence electrons. The Balaban J connectivity index is 1.62. The number of carbonyl (C=O) groups is 1. The second-order valence-corrected chi connectivity index (χ2v) is 9.64. The van der Waals surface area contributed by atoms with E-state index in [9.17, 15) is 17.6 Å². The summed E-state index contributed by atoms with van der Waals surface area (Å²) in [6.45, 7) is 0.588. The van der Waals surface area contributed by atoms with Crippen molar-refractivity contribution in [1.29, 1.82) is 0 Å². The van der Waals surface area contributed by atoms with Gasteiger partial charge in [-0.1, -0.05) is 32.1 Å². The summed E-state index contributed by atoms with van der Waals surface area (Å²) in [5.41, 5.74) is 0. The number of hydrogen-bond donors (Lipinski definition) is 1. The largest absolute Gasteiger partial charge is 0.353 e. The fourth-order valence-corrected chi connectivity index (χ4v) is 5.57. The fraction of sp³-hybridized carbons (Fsp3) is 0.650. The zero-order chi connectivity index (χ0) is 19.3. The molecule has 7 heteroatoms. The fourth-order valence-electron chi connectivity index (χ4n) is 4.05. The van der Waals surface area contributed by atoms with Gasteiger partial charge in [0.1, 0.15) is 5.82 Å². The third-order valence-corrected chi connectivity index (χ3v) is 7.54. The molecule has 0 spiro atoms. The molecule has 0 bridgehead atoms. The molecule has 1 aliphatic heterocycles. The second-order valence-electron chi connectivity index (χ2n) is 7.71. The summed E-state index contributed by atoms with van der Waals surface area (Å²) in [4.78, 5) is 12.8. The van der Waals surface area contributed by atoms with Crippen LogP contribution in [0.2, 0.25) is 0 Å². The number of hydrogen-bond acceptors (Lipinski definition) is 3. The average Bonchev–Trinajstić information content (AvgIpc) is 2.64. The maximum Gasteiger partial charge on any atom is 0.243 e. The molecule has 2 fully saturated rings. The molecule has 1 aromatic carbocycles. The molecule has 1 amide bonds. The van der Waals surface area contributed by atoms with E-state index in [-0.39, 0.29) is 29.3 Å². The quantitative estimate of drug-likeness (QED) is 0.848. The predicted molar refractivity (Wildman–Crippen MR) is 102 cm³/mol. The zero-order valence-corrected chi connectivity index (χ0v) is 16.5. The van der Waals surface area contributed by atoms with Crippen molar-refractivity contribution in [2.75, 3.05) is 13.1 Å². The van der Waals surface area contributed by atoms with Gasteiger partial charge < -0.3 is 5.32 Å². The van der Waals surface area contributed by atoms with Crippen LogP contribution in [0.5, 0.6) is 0 Å². The van der Waals surface area contributed by atoms with Crippen molar-refractivity contribution in [3.05, 3.63) is 30.1 Å². The molecule has 1 saturated heterocycles. The molecule has 2 aliphatic rings. The van der Waals surface area contributed by atoms with Crippen LogP contribution in [0, 0.1) is 11.7 Å². The van der Waals surface area contributed by atoms with Crippen molar-refractivity contribution in [3.8, 4) is 0 Å². The maximum absolute atomic E-state index is 13.1. The first-order chi connectivity index (χ1) is 13.0. The standard InChI is InChI=1S/C20H29FN2O3S/c21-17-10-12-19(13-11-17)27(25,26)23-14-6-7-16(15-23)20(24)22-18-8-4-2-1-3-5-9-18/h10-13,16,18H,1-9,14-15H2,(H,22,24)/t16-/m1/s1. The van der Waals surface area contributed by atoms with E-state index in [1.54, 1.807) is 0 Å². The smallest absolute Gasteiger partial charge is 0.243 e. The van der Waals surface area contributed by atoms with Crippen molar-refractivity contribution in [1.82, 2.24) is 9.62 Å². The van der Waals surface area contributed by atoms with Gasteiger partial charge in [-0.15, -0.1) is 0 Å². The van der Waals surface area contributed by atoms with Gasteiger partial charge >= 0.3 is 0 Å². The number of halogens is 1. The predicted octanol–water partition coefficient (Wildman–Crippen LogP) is 3.46. The highest BCUT2D eigenvalue weighted by atomic mass is 32.2. The lowest BCUT2D eigenvalue weighted by molar-refractivity contribution is -0.126. The highest BCUT2D eigenvalue weighted by molar-refractivity contribution is 7.89. The molecule has 1 aromatic rings. The SMILES string of the molecule is O=C(NC1CCCCCCC1)[C@@H]1CCCN(S(=O)(=O)c2ccc(F)cc2)C1. The molecular weight excluding hydrogens is 367 g/mol. The highest BCUT2D eigenvalue weighted by Gasteiger charge is 2.33. The molecule has 1 N–H and O–H groups in total. The number of benzene rings is 1. The van der Waals surface area contributed by atoms with Crippen molar-refractivity contribution in [3.63, 3.8) is 0 Å². The Bertz CT molecular complexity index is 728.